The van der Waals surface area contributed by atoms with Crippen LogP contribution in [0, 0.1) is 6.92 Å². The molecule has 1 aromatic heterocycles. The van der Waals surface area contributed by atoms with Crippen molar-refractivity contribution in [3.63, 3.8) is 0 Å². The van der Waals surface area contributed by atoms with E-state index in [0.717, 1.165) is 17.8 Å². The average molecular weight is 178 g/mol. The Morgan fingerprint density at radius 1 is 1.62 bits per heavy atom. The third-order valence-electron chi connectivity index (χ3n) is 1.76. The highest BCUT2D eigenvalue weighted by Crippen LogP contribution is 2.10. The van der Waals surface area contributed by atoms with Gasteiger partial charge in [-0.2, -0.15) is 0 Å². The highest BCUT2D eigenvalue weighted by molar-refractivity contribution is 5.91. The number of nitrogens with one attached hydrogen (secondary N) is 1. The van der Waals surface area contributed by atoms with Crippen LogP contribution in [0.15, 0.2) is 18.3 Å². The molecule has 0 aromatic carbocycles. The van der Waals surface area contributed by atoms with E-state index < -0.39 is 0 Å². The van der Waals surface area contributed by atoms with E-state index in [2.05, 4.69) is 10.3 Å². The molecule has 3 nitrogen and oxygen atoms in total. The van der Waals surface area contributed by atoms with Gasteiger partial charge in [-0.1, -0.05) is 6.92 Å². The second kappa shape index (κ2) is 4.60. The minimum atomic E-state index is 0.0543. The SMILES string of the molecule is CCCC(=O)Nc1cccnc1C. The number of nitrogens with zero attached hydrogens (tertiary/aromatic N) is 1. The molecular formula is C10H14N2O. The zero-order valence-electron chi connectivity index (χ0n) is 8.00. The summed E-state index contributed by atoms with van der Waals surface area (Å²) < 4.78 is 0. The van der Waals surface area contributed by atoms with Crippen LogP contribution in [0.3, 0.4) is 0 Å². The molecule has 0 unspecified atom stereocenters. The van der Waals surface area contributed by atoms with Gasteiger partial charge >= 0.3 is 0 Å². The van der Waals surface area contributed by atoms with Crippen molar-refractivity contribution < 1.29 is 4.79 Å². The van der Waals surface area contributed by atoms with Crippen molar-refractivity contribution in [3.05, 3.63) is 24.0 Å². The molecule has 0 bridgehead atoms. The number of carbonyl (C=O) groups is 1. The van der Waals surface area contributed by atoms with Gasteiger partial charge in [0.25, 0.3) is 0 Å². The quantitative estimate of drug-likeness (QED) is 0.770. The Kier molecular flexibility index (Phi) is 3.43. The third-order valence-corrected chi connectivity index (χ3v) is 1.76. The summed E-state index contributed by atoms with van der Waals surface area (Å²) in [6, 6.07) is 3.67. The van der Waals surface area contributed by atoms with Crippen molar-refractivity contribution in [1.29, 1.82) is 0 Å². The summed E-state index contributed by atoms with van der Waals surface area (Å²) in [5.41, 5.74) is 1.66. The summed E-state index contributed by atoms with van der Waals surface area (Å²) in [4.78, 5) is 15.3. The Morgan fingerprint density at radius 2 is 2.38 bits per heavy atom. The van der Waals surface area contributed by atoms with Gasteiger partial charge in [0.2, 0.25) is 5.91 Å². The van der Waals surface area contributed by atoms with Crippen LogP contribution in [0.5, 0.6) is 0 Å². The van der Waals surface area contributed by atoms with Gasteiger partial charge in [0.05, 0.1) is 11.4 Å². The fourth-order valence-corrected chi connectivity index (χ4v) is 1.06. The second-order valence-corrected chi connectivity index (χ2v) is 2.93. The average Bonchev–Trinajstić information content (AvgIpc) is 2.09. The molecule has 0 atom stereocenters. The number of carbonyl (C=O) groups excluding carboxylic acids is 1. The molecule has 13 heavy (non-hydrogen) atoms. The van der Waals surface area contributed by atoms with E-state index in [-0.39, 0.29) is 5.91 Å². The van der Waals surface area contributed by atoms with Crippen molar-refractivity contribution in [3.8, 4) is 0 Å². The van der Waals surface area contributed by atoms with Gasteiger partial charge < -0.3 is 5.32 Å². The number of pyridine rings is 1. The Labute approximate surface area is 78.2 Å². The van der Waals surface area contributed by atoms with E-state index in [4.69, 9.17) is 0 Å². The molecule has 1 aromatic rings. The Bertz CT molecular complexity index is 297. The zero-order valence-corrected chi connectivity index (χ0v) is 8.00. The summed E-state index contributed by atoms with van der Waals surface area (Å²) in [7, 11) is 0. The minimum absolute atomic E-state index is 0.0543. The first-order valence-corrected chi connectivity index (χ1v) is 4.45. The maximum Gasteiger partial charge on any atom is 0.224 e. The maximum atomic E-state index is 11.2. The van der Waals surface area contributed by atoms with Crippen LogP contribution in [0.1, 0.15) is 25.5 Å². The number of anilines is 1. The van der Waals surface area contributed by atoms with Gasteiger partial charge in [0.1, 0.15) is 0 Å². The Hall–Kier alpha value is -1.38. The molecule has 0 saturated heterocycles. The predicted molar refractivity (Wildman–Crippen MR) is 52.5 cm³/mol. The van der Waals surface area contributed by atoms with Gasteiger partial charge in [-0.25, -0.2) is 0 Å². The Balaban J connectivity index is 2.63. The molecule has 0 spiro atoms. The van der Waals surface area contributed by atoms with Crippen LogP contribution in [0.2, 0.25) is 0 Å². The number of amides is 1. The molecule has 0 aliphatic rings. The lowest BCUT2D eigenvalue weighted by molar-refractivity contribution is -0.116. The highest BCUT2D eigenvalue weighted by Gasteiger charge is 2.02. The molecule has 1 rings (SSSR count). The van der Waals surface area contributed by atoms with Gasteiger partial charge in [-0.15, -0.1) is 0 Å². The standard InChI is InChI=1S/C10H14N2O/c1-3-5-10(13)12-9-6-4-7-11-8(9)2/h4,6-7H,3,5H2,1-2H3,(H,12,13). The largest absolute Gasteiger partial charge is 0.325 e. The van der Waals surface area contributed by atoms with Gasteiger partial charge in [0.15, 0.2) is 0 Å². The van der Waals surface area contributed by atoms with Crippen LogP contribution in [-0.4, -0.2) is 10.9 Å². The van der Waals surface area contributed by atoms with Crippen LogP contribution in [0.4, 0.5) is 5.69 Å². The first-order valence-electron chi connectivity index (χ1n) is 4.45. The first kappa shape index (κ1) is 9.71. The van der Waals surface area contributed by atoms with E-state index in [1.807, 2.05) is 26.0 Å². The zero-order chi connectivity index (χ0) is 9.68. The second-order valence-electron chi connectivity index (χ2n) is 2.93. The molecule has 1 N–H and O–H groups in total. The van der Waals surface area contributed by atoms with E-state index in [1.165, 1.54) is 0 Å². The smallest absolute Gasteiger partial charge is 0.224 e. The number of hydrogen-bond acceptors (Lipinski definition) is 2. The van der Waals surface area contributed by atoms with Gasteiger partial charge in [-0.05, 0) is 25.5 Å². The van der Waals surface area contributed by atoms with Crippen molar-refractivity contribution in [2.45, 2.75) is 26.7 Å². The van der Waals surface area contributed by atoms with E-state index in [9.17, 15) is 4.79 Å². The van der Waals surface area contributed by atoms with Crippen LogP contribution >= 0.6 is 0 Å². The minimum Gasteiger partial charge on any atom is -0.325 e. The van der Waals surface area contributed by atoms with E-state index in [1.54, 1.807) is 6.20 Å². The number of rotatable bonds is 3. The van der Waals surface area contributed by atoms with Gasteiger partial charge in [0, 0.05) is 12.6 Å². The molecule has 0 saturated carbocycles. The van der Waals surface area contributed by atoms with Crippen LogP contribution < -0.4 is 5.32 Å². The first-order chi connectivity index (χ1) is 6.24. The summed E-state index contributed by atoms with van der Waals surface area (Å²) in [5.74, 6) is 0.0543. The molecule has 1 heterocycles. The van der Waals surface area contributed by atoms with Crippen molar-refractivity contribution in [1.82, 2.24) is 4.98 Å². The highest BCUT2D eigenvalue weighted by atomic mass is 16.1. The van der Waals surface area contributed by atoms with Crippen LogP contribution in [0.25, 0.3) is 0 Å². The number of aromatic nitrogens is 1. The molecule has 0 radical (unpaired) electrons. The molecule has 3 heteroatoms. The van der Waals surface area contributed by atoms with Crippen molar-refractivity contribution >= 4 is 11.6 Å². The molecule has 1 amide bonds. The number of aryl methyl sites for hydroxylation is 1. The van der Waals surface area contributed by atoms with Crippen LogP contribution in [-0.2, 0) is 4.79 Å². The van der Waals surface area contributed by atoms with Crippen molar-refractivity contribution in [2.24, 2.45) is 0 Å². The van der Waals surface area contributed by atoms with Crippen molar-refractivity contribution in [2.75, 3.05) is 5.32 Å². The molecular weight excluding hydrogens is 164 g/mol. The van der Waals surface area contributed by atoms with Gasteiger partial charge in [-0.3, -0.25) is 9.78 Å². The third kappa shape index (κ3) is 2.86. The molecule has 0 aliphatic heterocycles. The Morgan fingerprint density at radius 3 is 3.00 bits per heavy atom. The fraction of sp³-hybridized carbons (Fsp3) is 0.400. The summed E-state index contributed by atoms with van der Waals surface area (Å²) in [5, 5.41) is 2.81. The number of hydrogen-bond donors (Lipinski definition) is 1. The monoisotopic (exact) mass is 178 g/mol. The topological polar surface area (TPSA) is 42.0 Å². The summed E-state index contributed by atoms with van der Waals surface area (Å²) >= 11 is 0. The molecule has 70 valence electrons. The predicted octanol–water partition coefficient (Wildman–Crippen LogP) is 2.13. The lowest BCUT2D eigenvalue weighted by atomic mass is 10.3. The molecule has 0 fully saturated rings. The lowest BCUT2D eigenvalue weighted by Crippen LogP contribution is -2.11. The fourth-order valence-electron chi connectivity index (χ4n) is 1.06. The molecule has 0 aliphatic carbocycles. The van der Waals surface area contributed by atoms with E-state index in [0.29, 0.717) is 6.42 Å². The normalized spacial score (nSPS) is 9.69. The lowest BCUT2D eigenvalue weighted by Gasteiger charge is -2.05. The maximum absolute atomic E-state index is 11.2. The van der Waals surface area contributed by atoms with E-state index >= 15 is 0 Å². The summed E-state index contributed by atoms with van der Waals surface area (Å²) in [6.45, 7) is 3.86. The summed E-state index contributed by atoms with van der Waals surface area (Å²) in [6.07, 6.45) is 3.14.